The van der Waals surface area contributed by atoms with Crippen molar-refractivity contribution in [3.8, 4) is 34.1 Å². The minimum atomic E-state index is 0.200. The van der Waals surface area contributed by atoms with Crippen LogP contribution in [0, 0.1) is 0 Å². The highest BCUT2D eigenvalue weighted by atomic mass is 16.3. The van der Waals surface area contributed by atoms with Crippen molar-refractivity contribution < 1.29 is 5.11 Å². The molecule has 5 nitrogen and oxygen atoms in total. The smallest absolute Gasteiger partial charge is 0.154 e. The number of aromatic nitrogens is 4. The number of phenols is 1. The molecule has 8 aromatic rings. The Morgan fingerprint density at radius 1 is 0.615 bits per heavy atom. The number of rotatable bonds is 3. The first-order chi connectivity index (χ1) is 19.2. The molecule has 0 fully saturated rings. The fourth-order valence-electron chi connectivity index (χ4n) is 5.63. The molecule has 3 heterocycles. The summed E-state index contributed by atoms with van der Waals surface area (Å²) in [7, 11) is 0. The first kappa shape index (κ1) is 21.6. The van der Waals surface area contributed by atoms with Crippen molar-refractivity contribution in [2.24, 2.45) is 0 Å². The Morgan fingerprint density at radius 2 is 1.33 bits per heavy atom. The number of phenolic OH excluding ortho intramolecular Hbond substituents is 1. The molecule has 0 spiro atoms. The summed E-state index contributed by atoms with van der Waals surface area (Å²) in [6, 6.07) is 40.6. The third-order valence-corrected chi connectivity index (χ3v) is 7.47. The average Bonchev–Trinajstić information content (AvgIpc) is 3.55. The second-order valence-electron chi connectivity index (χ2n) is 9.77. The minimum Gasteiger partial charge on any atom is -0.507 e. The number of aromatic amines is 1. The molecule has 0 saturated heterocycles. The summed E-state index contributed by atoms with van der Waals surface area (Å²) in [5.41, 5.74) is 6.45. The Bertz CT molecular complexity index is 2210. The van der Waals surface area contributed by atoms with E-state index in [0.717, 1.165) is 33.2 Å². The lowest BCUT2D eigenvalue weighted by molar-refractivity contribution is 0.477. The van der Waals surface area contributed by atoms with Crippen LogP contribution in [0.4, 0.5) is 0 Å². The van der Waals surface area contributed by atoms with E-state index < -0.39 is 0 Å². The van der Waals surface area contributed by atoms with Crippen LogP contribution in [0.2, 0.25) is 0 Å². The van der Waals surface area contributed by atoms with Crippen molar-refractivity contribution >= 4 is 43.5 Å². The van der Waals surface area contributed by atoms with Crippen LogP contribution in [-0.2, 0) is 0 Å². The Morgan fingerprint density at radius 3 is 2.23 bits per heavy atom. The summed E-state index contributed by atoms with van der Waals surface area (Å²) in [6.45, 7) is 0. The molecule has 8 rings (SSSR count). The van der Waals surface area contributed by atoms with Gasteiger partial charge in [0.1, 0.15) is 11.4 Å². The van der Waals surface area contributed by atoms with E-state index in [1.165, 1.54) is 21.5 Å². The standard InChI is InChI=1S/C34H22N4O/c39-31-17-6-4-11-24(31)28-15-8-18-32(35-28)38-30-16-5-3-12-25(30)34(37-38)26-14-7-13-23-27-19-21-9-1-2-10-22(21)20-29(27)36-33(23)26/h1-20,36,39H. The van der Waals surface area contributed by atoms with Crippen LogP contribution in [0.1, 0.15) is 0 Å². The minimum absolute atomic E-state index is 0.200. The number of nitrogens with one attached hydrogen (secondary N) is 1. The average molecular weight is 503 g/mol. The third-order valence-electron chi connectivity index (χ3n) is 7.47. The predicted molar refractivity (Wildman–Crippen MR) is 158 cm³/mol. The van der Waals surface area contributed by atoms with Crippen molar-refractivity contribution in [2.75, 3.05) is 0 Å². The zero-order valence-corrected chi connectivity index (χ0v) is 20.8. The van der Waals surface area contributed by atoms with E-state index in [4.69, 9.17) is 10.1 Å². The number of nitrogens with zero attached hydrogens (tertiary/aromatic N) is 3. The highest BCUT2D eigenvalue weighted by Crippen LogP contribution is 2.38. The summed E-state index contributed by atoms with van der Waals surface area (Å²) < 4.78 is 1.89. The lowest BCUT2D eigenvalue weighted by Gasteiger charge is -2.07. The van der Waals surface area contributed by atoms with Crippen molar-refractivity contribution in [3.05, 3.63) is 121 Å². The molecule has 5 heteroatoms. The maximum atomic E-state index is 10.4. The van der Waals surface area contributed by atoms with Gasteiger partial charge >= 0.3 is 0 Å². The van der Waals surface area contributed by atoms with E-state index in [1.54, 1.807) is 6.07 Å². The lowest BCUT2D eigenvalue weighted by Crippen LogP contribution is -2.00. The molecule has 39 heavy (non-hydrogen) atoms. The van der Waals surface area contributed by atoms with Gasteiger partial charge in [-0.1, -0.05) is 78.9 Å². The topological polar surface area (TPSA) is 66.7 Å². The van der Waals surface area contributed by atoms with Gasteiger partial charge in [0.2, 0.25) is 0 Å². The molecule has 0 saturated carbocycles. The van der Waals surface area contributed by atoms with Crippen molar-refractivity contribution in [2.45, 2.75) is 0 Å². The van der Waals surface area contributed by atoms with Crippen molar-refractivity contribution in [1.29, 1.82) is 0 Å². The highest BCUT2D eigenvalue weighted by Gasteiger charge is 2.18. The summed E-state index contributed by atoms with van der Waals surface area (Å²) >= 11 is 0. The second kappa shape index (κ2) is 8.30. The van der Waals surface area contributed by atoms with Gasteiger partial charge < -0.3 is 10.1 Å². The number of benzene rings is 5. The summed E-state index contributed by atoms with van der Waals surface area (Å²) in [4.78, 5) is 8.59. The Kier molecular flexibility index (Phi) is 4.60. The monoisotopic (exact) mass is 502 g/mol. The SMILES string of the molecule is Oc1ccccc1-c1cccc(-n2nc(-c3cccc4c3[nH]c3cc5ccccc5cc34)c3ccccc32)n1. The fourth-order valence-corrected chi connectivity index (χ4v) is 5.63. The van der Waals surface area contributed by atoms with E-state index in [0.29, 0.717) is 17.1 Å². The van der Waals surface area contributed by atoms with Gasteiger partial charge in [0, 0.05) is 32.8 Å². The molecule has 5 aromatic carbocycles. The van der Waals surface area contributed by atoms with Crippen LogP contribution in [0.25, 0.3) is 71.8 Å². The molecule has 0 unspecified atom stereocenters. The van der Waals surface area contributed by atoms with Gasteiger partial charge in [-0.15, -0.1) is 0 Å². The molecule has 0 aliphatic rings. The third kappa shape index (κ3) is 3.33. The second-order valence-corrected chi connectivity index (χ2v) is 9.77. The zero-order chi connectivity index (χ0) is 25.9. The van der Waals surface area contributed by atoms with Crippen LogP contribution in [0.5, 0.6) is 5.75 Å². The molecular weight excluding hydrogens is 480 g/mol. The van der Waals surface area contributed by atoms with E-state index in [-0.39, 0.29) is 5.75 Å². The normalized spacial score (nSPS) is 11.7. The van der Waals surface area contributed by atoms with E-state index in [9.17, 15) is 5.11 Å². The summed E-state index contributed by atoms with van der Waals surface area (Å²) in [5, 5.41) is 21.4. The largest absolute Gasteiger partial charge is 0.507 e. The van der Waals surface area contributed by atoms with Gasteiger partial charge in [-0.05, 0) is 53.2 Å². The number of fused-ring (bicyclic) bond motifs is 5. The molecule has 0 aliphatic heterocycles. The lowest BCUT2D eigenvalue weighted by atomic mass is 10.0. The molecule has 0 bridgehead atoms. The van der Waals surface area contributed by atoms with Crippen LogP contribution in [0.3, 0.4) is 0 Å². The predicted octanol–water partition coefficient (Wildman–Crippen LogP) is 8.25. The van der Waals surface area contributed by atoms with Crippen LogP contribution in [-0.4, -0.2) is 24.9 Å². The van der Waals surface area contributed by atoms with Crippen LogP contribution < -0.4 is 0 Å². The molecular formula is C34H22N4O. The summed E-state index contributed by atoms with van der Waals surface area (Å²) in [6.07, 6.45) is 0. The molecule has 3 aromatic heterocycles. The van der Waals surface area contributed by atoms with E-state index >= 15 is 0 Å². The van der Waals surface area contributed by atoms with Gasteiger partial charge in [0.05, 0.1) is 16.7 Å². The number of hydrogen-bond acceptors (Lipinski definition) is 3. The number of para-hydroxylation sites is 3. The van der Waals surface area contributed by atoms with Gasteiger partial charge in [0.25, 0.3) is 0 Å². The highest BCUT2D eigenvalue weighted by molar-refractivity contribution is 6.16. The van der Waals surface area contributed by atoms with Gasteiger partial charge in [-0.3, -0.25) is 0 Å². The van der Waals surface area contributed by atoms with E-state index in [2.05, 4.69) is 71.7 Å². The maximum Gasteiger partial charge on any atom is 0.154 e. The number of aromatic hydroxyl groups is 1. The summed E-state index contributed by atoms with van der Waals surface area (Å²) in [5.74, 6) is 0.889. The molecule has 2 N–H and O–H groups in total. The molecule has 0 amide bonds. The number of H-pyrrole nitrogens is 1. The molecule has 0 radical (unpaired) electrons. The van der Waals surface area contributed by atoms with Crippen molar-refractivity contribution in [1.82, 2.24) is 19.7 Å². The maximum absolute atomic E-state index is 10.4. The van der Waals surface area contributed by atoms with Crippen molar-refractivity contribution in [3.63, 3.8) is 0 Å². The number of pyridine rings is 1. The Labute approximate surface area is 223 Å². The fraction of sp³-hybridized carbons (Fsp3) is 0. The van der Waals surface area contributed by atoms with Crippen LogP contribution >= 0.6 is 0 Å². The van der Waals surface area contributed by atoms with Gasteiger partial charge in [-0.2, -0.15) is 5.10 Å². The Hall–Kier alpha value is -5.42. The van der Waals surface area contributed by atoms with E-state index in [1.807, 2.05) is 53.2 Å². The molecule has 0 atom stereocenters. The quantitative estimate of drug-likeness (QED) is 0.256. The zero-order valence-electron chi connectivity index (χ0n) is 20.8. The first-order valence-corrected chi connectivity index (χ1v) is 12.9. The molecule has 0 aliphatic carbocycles. The van der Waals surface area contributed by atoms with Gasteiger partial charge in [0.15, 0.2) is 5.82 Å². The Balaban J connectivity index is 1.36. The molecule has 184 valence electrons. The van der Waals surface area contributed by atoms with Crippen LogP contribution in [0.15, 0.2) is 121 Å². The first-order valence-electron chi connectivity index (χ1n) is 12.9. The number of hydrogen-bond donors (Lipinski definition) is 2. The van der Waals surface area contributed by atoms with Gasteiger partial charge in [-0.25, -0.2) is 9.67 Å².